The normalized spacial score (nSPS) is 11.0. The predicted molar refractivity (Wildman–Crippen MR) is 83.8 cm³/mol. The summed E-state index contributed by atoms with van der Waals surface area (Å²) in [4.78, 5) is 12.1. The van der Waals surface area contributed by atoms with E-state index in [2.05, 4.69) is 5.32 Å². The number of ether oxygens (including phenoxy) is 1. The van der Waals surface area contributed by atoms with Gasteiger partial charge < -0.3 is 10.1 Å². The van der Waals surface area contributed by atoms with Gasteiger partial charge in [-0.25, -0.2) is 13.6 Å². The maximum Gasteiger partial charge on any atom is 0.255 e. The van der Waals surface area contributed by atoms with Gasteiger partial charge in [-0.1, -0.05) is 17.7 Å². The van der Waals surface area contributed by atoms with Crippen LogP contribution in [-0.2, 0) is 10.0 Å². The van der Waals surface area contributed by atoms with Crippen molar-refractivity contribution in [2.45, 2.75) is 4.90 Å². The van der Waals surface area contributed by atoms with Crippen LogP contribution in [0.1, 0.15) is 10.4 Å². The monoisotopic (exact) mass is 340 g/mol. The molecule has 0 aliphatic rings. The standard InChI is InChI=1S/C14H13ClN2O4S/c1-21-13-6-5-11(22(16,19)20)8-12(13)17-14(18)9-3-2-4-10(15)7-9/h2-8H,1H3,(H,17,18)(H2,16,19,20). The number of rotatable bonds is 4. The highest BCUT2D eigenvalue weighted by atomic mass is 35.5. The van der Waals surface area contributed by atoms with E-state index >= 15 is 0 Å². The molecule has 2 aromatic rings. The van der Waals surface area contributed by atoms with Crippen molar-refractivity contribution in [1.82, 2.24) is 0 Å². The fraction of sp³-hybridized carbons (Fsp3) is 0.0714. The molecule has 0 radical (unpaired) electrons. The third-order valence-electron chi connectivity index (χ3n) is 2.83. The molecule has 0 aromatic heterocycles. The lowest BCUT2D eigenvalue weighted by molar-refractivity contribution is 0.102. The van der Waals surface area contributed by atoms with E-state index in [4.69, 9.17) is 21.5 Å². The van der Waals surface area contributed by atoms with Crippen molar-refractivity contribution < 1.29 is 17.9 Å². The van der Waals surface area contributed by atoms with Gasteiger partial charge in [0.1, 0.15) is 5.75 Å². The molecule has 0 unspecified atom stereocenters. The summed E-state index contributed by atoms with van der Waals surface area (Å²) in [5, 5.41) is 8.07. The first-order valence-corrected chi connectivity index (χ1v) is 8.01. The number of nitrogens with one attached hydrogen (secondary N) is 1. The molecule has 0 bridgehead atoms. The molecule has 0 saturated carbocycles. The van der Waals surface area contributed by atoms with Gasteiger partial charge in [0.15, 0.2) is 0 Å². The summed E-state index contributed by atoms with van der Waals surface area (Å²) < 4.78 is 27.9. The summed E-state index contributed by atoms with van der Waals surface area (Å²) in [6.07, 6.45) is 0. The molecule has 0 aliphatic heterocycles. The molecule has 0 saturated heterocycles. The Morgan fingerprint density at radius 3 is 2.55 bits per heavy atom. The number of primary sulfonamides is 1. The zero-order valence-corrected chi connectivity index (χ0v) is 13.1. The van der Waals surface area contributed by atoms with E-state index in [-0.39, 0.29) is 10.6 Å². The smallest absolute Gasteiger partial charge is 0.255 e. The number of nitrogens with two attached hydrogens (primary N) is 1. The molecular weight excluding hydrogens is 328 g/mol. The quantitative estimate of drug-likeness (QED) is 0.891. The molecule has 0 atom stereocenters. The molecule has 22 heavy (non-hydrogen) atoms. The van der Waals surface area contributed by atoms with Crippen LogP contribution in [-0.4, -0.2) is 21.4 Å². The topological polar surface area (TPSA) is 98.5 Å². The Morgan fingerprint density at radius 1 is 1.23 bits per heavy atom. The van der Waals surface area contributed by atoms with Crippen LogP contribution in [0.15, 0.2) is 47.4 Å². The van der Waals surface area contributed by atoms with Crippen LogP contribution in [0.25, 0.3) is 0 Å². The number of amides is 1. The SMILES string of the molecule is COc1ccc(S(N)(=O)=O)cc1NC(=O)c1cccc(Cl)c1. The number of sulfonamides is 1. The van der Waals surface area contributed by atoms with Gasteiger partial charge in [-0.05, 0) is 36.4 Å². The average molecular weight is 341 g/mol. The molecule has 3 N–H and O–H groups in total. The lowest BCUT2D eigenvalue weighted by atomic mass is 10.2. The third kappa shape index (κ3) is 3.76. The molecule has 1 amide bonds. The van der Waals surface area contributed by atoms with Crippen molar-refractivity contribution in [3.05, 3.63) is 53.1 Å². The first-order valence-electron chi connectivity index (χ1n) is 6.09. The summed E-state index contributed by atoms with van der Waals surface area (Å²) in [5.41, 5.74) is 0.523. The van der Waals surface area contributed by atoms with E-state index in [1.54, 1.807) is 18.2 Å². The Morgan fingerprint density at radius 2 is 1.95 bits per heavy atom. The van der Waals surface area contributed by atoms with Gasteiger partial charge in [0.2, 0.25) is 10.0 Å². The van der Waals surface area contributed by atoms with Crippen LogP contribution in [0.2, 0.25) is 5.02 Å². The van der Waals surface area contributed by atoms with Crippen LogP contribution in [0.3, 0.4) is 0 Å². The van der Waals surface area contributed by atoms with Crippen LogP contribution < -0.4 is 15.2 Å². The van der Waals surface area contributed by atoms with Crippen LogP contribution in [0.4, 0.5) is 5.69 Å². The van der Waals surface area contributed by atoms with Crippen molar-refractivity contribution in [3.8, 4) is 5.75 Å². The van der Waals surface area contributed by atoms with Crippen molar-refractivity contribution in [1.29, 1.82) is 0 Å². The van der Waals surface area contributed by atoms with Crippen LogP contribution >= 0.6 is 11.6 Å². The predicted octanol–water partition coefficient (Wildman–Crippen LogP) is 2.25. The van der Waals surface area contributed by atoms with E-state index in [1.807, 2.05) is 0 Å². The minimum absolute atomic E-state index is 0.130. The molecular formula is C14H13ClN2O4S. The maximum absolute atomic E-state index is 12.2. The van der Waals surface area contributed by atoms with Gasteiger partial charge in [-0.2, -0.15) is 0 Å². The average Bonchev–Trinajstić information content (AvgIpc) is 2.46. The highest BCUT2D eigenvalue weighted by Crippen LogP contribution is 2.27. The van der Waals surface area contributed by atoms with E-state index in [0.717, 1.165) is 0 Å². The zero-order chi connectivity index (χ0) is 16.3. The van der Waals surface area contributed by atoms with Gasteiger partial charge in [0.05, 0.1) is 17.7 Å². The number of carbonyl (C=O) groups excluding carboxylic acids is 1. The molecule has 2 rings (SSSR count). The molecule has 116 valence electrons. The number of halogens is 1. The third-order valence-corrected chi connectivity index (χ3v) is 3.98. The minimum Gasteiger partial charge on any atom is -0.495 e. The Balaban J connectivity index is 2.37. The van der Waals surface area contributed by atoms with E-state index < -0.39 is 15.9 Å². The van der Waals surface area contributed by atoms with Gasteiger partial charge in [-0.15, -0.1) is 0 Å². The lowest BCUT2D eigenvalue weighted by Crippen LogP contribution is -2.15. The summed E-state index contributed by atoms with van der Waals surface area (Å²) in [7, 11) is -2.48. The van der Waals surface area contributed by atoms with Crippen molar-refractivity contribution in [3.63, 3.8) is 0 Å². The summed E-state index contributed by atoms with van der Waals surface area (Å²) in [6.45, 7) is 0. The lowest BCUT2D eigenvalue weighted by Gasteiger charge is -2.11. The molecule has 0 spiro atoms. The van der Waals surface area contributed by atoms with Crippen LogP contribution in [0, 0.1) is 0 Å². The summed E-state index contributed by atoms with van der Waals surface area (Å²) in [5.74, 6) is -0.143. The number of anilines is 1. The fourth-order valence-electron chi connectivity index (χ4n) is 1.79. The van der Waals surface area contributed by atoms with E-state index in [9.17, 15) is 13.2 Å². The Kier molecular flexibility index (Phi) is 4.70. The molecule has 0 fully saturated rings. The number of hydrogen-bond donors (Lipinski definition) is 2. The number of carbonyl (C=O) groups is 1. The summed E-state index contributed by atoms with van der Waals surface area (Å²) >= 11 is 5.83. The van der Waals surface area contributed by atoms with Crippen LogP contribution in [0.5, 0.6) is 5.75 Å². The highest BCUT2D eigenvalue weighted by molar-refractivity contribution is 7.89. The first kappa shape index (κ1) is 16.3. The van der Waals surface area contributed by atoms with Gasteiger partial charge in [-0.3, -0.25) is 4.79 Å². The first-order chi connectivity index (χ1) is 10.3. The molecule has 2 aromatic carbocycles. The number of benzene rings is 2. The number of hydrogen-bond acceptors (Lipinski definition) is 4. The van der Waals surface area contributed by atoms with Crippen molar-refractivity contribution >= 4 is 33.2 Å². The molecule has 6 nitrogen and oxygen atoms in total. The highest BCUT2D eigenvalue weighted by Gasteiger charge is 2.15. The Labute approximate surface area is 132 Å². The Bertz CT molecular complexity index is 821. The second-order valence-corrected chi connectivity index (χ2v) is 6.37. The zero-order valence-electron chi connectivity index (χ0n) is 11.5. The van der Waals surface area contributed by atoms with Gasteiger partial charge in [0, 0.05) is 10.6 Å². The second-order valence-electron chi connectivity index (χ2n) is 4.37. The minimum atomic E-state index is -3.89. The van der Waals surface area contributed by atoms with Gasteiger partial charge in [0.25, 0.3) is 5.91 Å². The van der Waals surface area contributed by atoms with Crippen molar-refractivity contribution in [2.75, 3.05) is 12.4 Å². The molecule has 0 heterocycles. The van der Waals surface area contributed by atoms with Crippen molar-refractivity contribution in [2.24, 2.45) is 5.14 Å². The largest absolute Gasteiger partial charge is 0.495 e. The van der Waals surface area contributed by atoms with E-state index in [0.29, 0.717) is 16.3 Å². The van der Waals surface area contributed by atoms with Gasteiger partial charge >= 0.3 is 0 Å². The van der Waals surface area contributed by atoms with E-state index in [1.165, 1.54) is 31.4 Å². The second kappa shape index (κ2) is 6.35. The fourth-order valence-corrected chi connectivity index (χ4v) is 2.52. The molecule has 0 aliphatic carbocycles. The summed E-state index contributed by atoms with van der Waals surface area (Å²) in [6, 6.07) is 10.3. The Hall–Kier alpha value is -2.09. The number of methoxy groups -OCH3 is 1. The maximum atomic E-state index is 12.2. The molecule has 8 heteroatoms.